The molecule has 0 aliphatic heterocycles. The van der Waals surface area contributed by atoms with Crippen molar-refractivity contribution in [3.63, 3.8) is 0 Å². The van der Waals surface area contributed by atoms with E-state index >= 15 is 0 Å². The van der Waals surface area contributed by atoms with Gasteiger partial charge in [-0.05, 0) is 83.5 Å². The molecular formula is C69H122O6. The highest BCUT2D eigenvalue weighted by molar-refractivity contribution is 5.71. The molecule has 0 radical (unpaired) electrons. The van der Waals surface area contributed by atoms with Crippen LogP contribution < -0.4 is 0 Å². The van der Waals surface area contributed by atoms with Crippen LogP contribution in [0.4, 0.5) is 0 Å². The molecule has 0 saturated carbocycles. The van der Waals surface area contributed by atoms with Crippen LogP contribution in [0.15, 0.2) is 72.9 Å². The lowest BCUT2D eigenvalue weighted by atomic mass is 10.0. The Kier molecular flexibility index (Phi) is 60.7. The summed E-state index contributed by atoms with van der Waals surface area (Å²) in [6.07, 6.45) is 82.0. The van der Waals surface area contributed by atoms with Gasteiger partial charge < -0.3 is 14.2 Å². The zero-order valence-corrected chi connectivity index (χ0v) is 49.8. The van der Waals surface area contributed by atoms with Crippen molar-refractivity contribution in [3.05, 3.63) is 72.9 Å². The number of rotatable bonds is 59. The zero-order chi connectivity index (χ0) is 54.3. The normalized spacial score (nSPS) is 12.5. The molecule has 0 unspecified atom stereocenters. The second-order valence-electron chi connectivity index (χ2n) is 21.7. The van der Waals surface area contributed by atoms with Crippen LogP contribution in [0.5, 0.6) is 0 Å². The van der Waals surface area contributed by atoms with Crippen molar-refractivity contribution in [3.8, 4) is 0 Å². The molecule has 0 rings (SSSR count). The predicted octanol–water partition coefficient (Wildman–Crippen LogP) is 22.1. The average Bonchev–Trinajstić information content (AvgIpc) is 3.41. The largest absolute Gasteiger partial charge is 0.462 e. The molecule has 75 heavy (non-hydrogen) atoms. The molecule has 0 aromatic carbocycles. The lowest BCUT2D eigenvalue weighted by Crippen LogP contribution is -2.30. The molecular weight excluding hydrogens is 925 g/mol. The number of unbranched alkanes of at least 4 members (excludes halogenated alkanes) is 36. The molecule has 1 atom stereocenters. The predicted molar refractivity (Wildman–Crippen MR) is 325 cm³/mol. The fraction of sp³-hybridized carbons (Fsp3) is 0.783. The smallest absolute Gasteiger partial charge is 0.306 e. The van der Waals surface area contributed by atoms with E-state index in [9.17, 15) is 14.4 Å². The fourth-order valence-corrected chi connectivity index (χ4v) is 9.31. The van der Waals surface area contributed by atoms with Gasteiger partial charge in [0.15, 0.2) is 6.10 Å². The second kappa shape index (κ2) is 63.4. The number of hydrogen-bond donors (Lipinski definition) is 0. The van der Waals surface area contributed by atoms with Crippen LogP contribution >= 0.6 is 0 Å². The summed E-state index contributed by atoms with van der Waals surface area (Å²) in [7, 11) is 0. The molecule has 434 valence electrons. The SMILES string of the molecule is CCCCC/C=C\C/C=C\C/C=C\C/C=C\C/C=C\CCC(=O)O[C@H](COC(=O)CCCCCCCCCCCCC/C=C\CCCCCCCC)COC(=O)CCCCCCCCCCCCCCCCCCC. The molecule has 0 heterocycles. The Morgan fingerprint density at radius 2 is 0.507 bits per heavy atom. The number of ether oxygens (including phenoxy) is 3. The maximum Gasteiger partial charge on any atom is 0.306 e. The van der Waals surface area contributed by atoms with Crippen LogP contribution in [-0.2, 0) is 28.6 Å². The van der Waals surface area contributed by atoms with Gasteiger partial charge in [0.2, 0.25) is 0 Å². The molecule has 0 aliphatic carbocycles. The first-order valence-corrected chi connectivity index (χ1v) is 32.4. The van der Waals surface area contributed by atoms with E-state index < -0.39 is 6.10 Å². The van der Waals surface area contributed by atoms with Crippen LogP contribution in [-0.4, -0.2) is 37.2 Å². The number of carbonyl (C=O) groups is 3. The molecule has 0 bridgehead atoms. The second-order valence-corrected chi connectivity index (χ2v) is 21.7. The van der Waals surface area contributed by atoms with Crippen LogP contribution in [0.1, 0.15) is 329 Å². The van der Waals surface area contributed by atoms with Gasteiger partial charge in [0, 0.05) is 19.3 Å². The highest BCUT2D eigenvalue weighted by Gasteiger charge is 2.19. The van der Waals surface area contributed by atoms with Crippen LogP contribution in [0, 0.1) is 0 Å². The Hall–Kier alpha value is -3.15. The Morgan fingerprint density at radius 3 is 0.840 bits per heavy atom. The first-order chi connectivity index (χ1) is 37.0. The number of allylic oxidation sites excluding steroid dienone is 12. The van der Waals surface area contributed by atoms with Crippen molar-refractivity contribution in [1.82, 2.24) is 0 Å². The van der Waals surface area contributed by atoms with E-state index in [0.717, 1.165) is 64.2 Å². The minimum absolute atomic E-state index is 0.102. The maximum atomic E-state index is 12.9. The van der Waals surface area contributed by atoms with Crippen LogP contribution in [0.2, 0.25) is 0 Å². The minimum Gasteiger partial charge on any atom is -0.462 e. The molecule has 0 aromatic heterocycles. The van der Waals surface area contributed by atoms with E-state index in [1.54, 1.807) is 0 Å². The van der Waals surface area contributed by atoms with Crippen molar-refractivity contribution in [1.29, 1.82) is 0 Å². The Labute approximate surface area is 465 Å². The quantitative estimate of drug-likeness (QED) is 0.0261. The molecule has 0 amide bonds. The third-order valence-corrected chi connectivity index (χ3v) is 14.2. The van der Waals surface area contributed by atoms with Gasteiger partial charge in [-0.25, -0.2) is 0 Å². The van der Waals surface area contributed by atoms with Crippen LogP contribution in [0.3, 0.4) is 0 Å². The van der Waals surface area contributed by atoms with Crippen LogP contribution in [0.25, 0.3) is 0 Å². The van der Waals surface area contributed by atoms with Crippen molar-refractivity contribution in [2.45, 2.75) is 335 Å². The fourth-order valence-electron chi connectivity index (χ4n) is 9.31. The topological polar surface area (TPSA) is 78.9 Å². The summed E-state index contributed by atoms with van der Waals surface area (Å²) >= 11 is 0. The van der Waals surface area contributed by atoms with Gasteiger partial charge >= 0.3 is 17.9 Å². The van der Waals surface area contributed by atoms with E-state index in [-0.39, 0.29) is 37.5 Å². The molecule has 0 spiro atoms. The first kappa shape index (κ1) is 71.8. The van der Waals surface area contributed by atoms with Crippen molar-refractivity contribution in [2.24, 2.45) is 0 Å². The summed E-state index contributed by atoms with van der Waals surface area (Å²) in [6, 6.07) is 0. The molecule has 0 aromatic rings. The highest BCUT2D eigenvalue weighted by Crippen LogP contribution is 2.17. The average molecular weight is 1050 g/mol. The molecule has 0 N–H and O–H groups in total. The molecule has 0 saturated heterocycles. The summed E-state index contributed by atoms with van der Waals surface area (Å²) in [4.78, 5) is 38.3. The number of carbonyl (C=O) groups excluding carboxylic acids is 3. The molecule has 0 fully saturated rings. The van der Waals surface area contributed by atoms with Crippen molar-refractivity contribution < 1.29 is 28.6 Å². The van der Waals surface area contributed by atoms with E-state index in [0.29, 0.717) is 19.3 Å². The number of hydrogen-bond acceptors (Lipinski definition) is 6. The molecule has 0 aliphatic rings. The van der Waals surface area contributed by atoms with E-state index in [1.165, 1.54) is 218 Å². The third-order valence-electron chi connectivity index (χ3n) is 14.2. The summed E-state index contributed by atoms with van der Waals surface area (Å²) in [5.74, 6) is -0.969. The van der Waals surface area contributed by atoms with Crippen molar-refractivity contribution >= 4 is 17.9 Å². The van der Waals surface area contributed by atoms with Crippen molar-refractivity contribution in [2.75, 3.05) is 13.2 Å². The Bertz CT molecular complexity index is 1390. The van der Waals surface area contributed by atoms with Gasteiger partial charge in [-0.2, -0.15) is 0 Å². The summed E-state index contributed by atoms with van der Waals surface area (Å²) in [5, 5.41) is 0. The summed E-state index contributed by atoms with van der Waals surface area (Å²) < 4.78 is 16.9. The minimum atomic E-state index is -0.815. The maximum absolute atomic E-state index is 12.9. The van der Waals surface area contributed by atoms with E-state index in [1.807, 2.05) is 6.08 Å². The highest BCUT2D eigenvalue weighted by atomic mass is 16.6. The van der Waals surface area contributed by atoms with E-state index in [2.05, 4.69) is 87.6 Å². The Balaban J connectivity index is 4.44. The Morgan fingerprint density at radius 1 is 0.267 bits per heavy atom. The molecule has 6 nitrogen and oxygen atoms in total. The standard InChI is InChI=1S/C69H122O6/c1-4-7-10-13-16-19-22-25-28-31-33-34-36-38-41-44-47-50-53-56-59-62-68(71)74-65-66(64-73-67(70)61-58-55-52-49-46-43-40-37-30-27-24-21-18-15-12-9-6-3)75-69(72)63-60-57-54-51-48-45-42-39-35-32-29-26-23-20-17-14-11-8-5-2/h17,20,25-26,28-29,35,39,45,48,54,57,66H,4-16,18-19,21-24,27,30-34,36-38,40-44,46-47,49-53,55-56,58-65H2,1-3H3/b20-17-,28-25-,29-26-,39-35-,48-45-,57-54-/t66-/m0/s1. The van der Waals surface area contributed by atoms with Gasteiger partial charge in [-0.15, -0.1) is 0 Å². The lowest BCUT2D eigenvalue weighted by molar-refractivity contribution is -0.166. The first-order valence-electron chi connectivity index (χ1n) is 32.4. The monoisotopic (exact) mass is 1050 g/mol. The van der Waals surface area contributed by atoms with Gasteiger partial charge in [0.05, 0.1) is 0 Å². The zero-order valence-electron chi connectivity index (χ0n) is 49.8. The van der Waals surface area contributed by atoms with Gasteiger partial charge in [0.1, 0.15) is 13.2 Å². The summed E-state index contributed by atoms with van der Waals surface area (Å²) in [6.45, 7) is 6.59. The molecule has 6 heteroatoms. The third kappa shape index (κ3) is 61.6. The van der Waals surface area contributed by atoms with Gasteiger partial charge in [-0.1, -0.05) is 299 Å². The number of esters is 3. The summed E-state index contributed by atoms with van der Waals surface area (Å²) in [5.41, 5.74) is 0. The lowest BCUT2D eigenvalue weighted by Gasteiger charge is -2.18. The van der Waals surface area contributed by atoms with E-state index in [4.69, 9.17) is 14.2 Å². The van der Waals surface area contributed by atoms with Gasteiger partial charge in [0.25, 0.3) is 0 Å². The van der Waals surface area contributed by atoms with Gasteiger partial charge in [-0.3, -0.25) is 14.4 Å².